The number of amides is 1. The first kappa shape index (κ1) is 14.1. The number of carbonyl (C=O) groups is 1. The van der Waals surface area contributed by atoms with E-state index in [9.17, 15) is 4.79 Å². The summed E-state index contributed by atoms with van der Waals surface area (Å²) < 4.78 is 0. The van der Waals surface area contributed by atoms with Gasteiger partial charge in [-0.25, -0.2) is 0 Å². The maximum atomic E-state index is 12.1. The van der Waals surface area contributed by atoms with Gasteiger partial charge in [0.05, 0.1) is 6.42 Å². The highest BCUT2D eigenvalue weighted by Crippen LogP contribution is 2.22. The van der Waals surface area contributed by atoms with Crippen LogP contribution < -0.4 is 11.1 Å². The Morgan fingerprint density at radius 3 is 2.35 bits per heavy atom. The average Bonchev–Trinajstić information content (AvgIpc) is 2.39. The third-order valence-electron chi connectivity index (χ3n) is 3.37. The van der Waals surface area contributed by atoms with Crippen molar-refractivity contribution in [2.24, 2.45) is 0 Å². The lowest BCUT2D eigenvalue weighted by Crippen LogP contribution is -2.15. The van der Waals surface area contributed by atoms with Crippen LogP contribution in [0.5, 0.6) is 0 Å². The fourth-order valence-electron chi connectivity index (χ4n) is 2.06. The zero-order chi connectivity index (χ0) is 14.7. The first-order chi connectivity index (χ1) is 9.45. The fourth-order valence-corrected chi connectivity index (χ4v) is 2.06. The smallest absolute Gasteiger partial charge is 0.228 e. The molecule has 0 bridgehead atoms. The number of carbonyl (C=O) groups excluding carboxylic acids is 1. The predicted octanol–water partition coefficient (Wildman–Crippen LogP) is 3.38. The van der Waals surface area contributed by atoms with Crippen LogP contribution in [0.15, 0.2) is 36.4 Å². The van der Waals surface area contributed by atoms with E-state index in [1.54, 1.807) is 0 Å². The molecule has 0 unspecified atom stereocenters. The lowest BCUT2D eigenvalue weighted by molar-refractivity contribution is -0.115. The van der Waals surface area contributed by atoms with Crippen molar-refractivity contribution >= 4 is 17.3 Å². The highest BCUT2D eigenvalue weighted by atomic mass is 16.1. The molecule has 3 nitrogen and oxygen atoms in total. The minimum Gasteiger partial charge on any atom is -0.399 e. The van der Waals surface area contributed by atoms with Gasteiger partial charge in [0.1, 0.15) is 0 Å². The van der Waals surface area contributed by atoms with E-state index >= 15 is 0 Å². The van der Waals surface area contributed by atoms with Crippen molar-refractivity contribution < 1.29 is 4.79 Å². The molecule has 0 aliphatic rings. The van der Waals surface area contributed by atoms with Gasteiger partial charge in [0.25, 0.3) is 0 Å². The molecule has 0 spiro atoms. The molecule has 0 aliphatic carbocycles. The van der Waals surface area contributed by atoms with E-state index in [2.05, 4.69) is 5.32 Å². The number of anilines is 2. The molecule has 0 heterocycles. The van der Waals surface area contributed by atoms with Crippen LogP contribution in [0, 0.1) is 20.8 Å². The zero-order valence-corrected chi connectivity index (χ0v) is 12.2. The van der Waals surface area contributed by atoms with E-state index < -0.39 is 0 Å². The maximum absolute atomic E-state index is 12.1. The molecule has 0 aliphatic heterocycles. The van der Waals surface area contributed by atoms with E-state index in [0.29, 0.717) is 6.42 Å². The number of nitrogens with two attached hydrogens (primary N) is 1. The molecule has 2 aromatic carbocycles. The summed E-state index contributed by atoms with van der Waals surface area (Å²) >= 11 is 0. The van der Waals surface area contributed by atoms with Gasteiger partial charge in [0, 0.05) is 11.4 Å². The molecule has 3 heteroatoms. The molecular formula is C17H20N2O. The average molecular weight is 268 g/mol. The summed E-state index contributed by atoms with van der Waals surface area (Å²) in [7, 11) is 0. The van der Waals surface area contributed by atoms with E-state index in [4.69, 9.17) is 5.73 Å². The molecule has 0 aromatic heterocycles. The Kier molecular flexibility index (Phi) is 4.08. The largest absolute Gasteiger partial charge is 0.399 e. The van der Waals surface area contributed by atoms with Crippen molar-refractivity contribution in [3.8, 4) is 0 Å². The number of rotatable bonds is 3. The molecule has 0 fully saturated rings. The second-order valence-corrected chi connectivity index (χ2v) is 5.23. The van der Waals surface area contributed by atoms with Crippen LogP contribution >= 0.6 is 0 Å². The van der Waals surface area contributed by atoms with Crippen molar-refractivity contribution in [2.45, 2.75) is 27.2 Å². The second-order valence-electron chi connectivity index (χ2n) is 5.23. The normalized spacial score (nSPS) is 10.3. The Bertz CT molecular complexity index is 630. The van der Waals surface area contributed by atoms with Crippen LogP contribution in [0.1, 0.15) is 22.3 Å². The van der Waals surface area contributed by atoms with Crippen LogP contribution in [0.3, 0.4) is 0 Å². The van der Waals surface area contributed by atoms with Gasteiger partial charge in [-0.2, -0.15) is 0 Å². The summed E-state index contributed by atoms with van der Waals surface area (Å²) in [6, 6.07) is 11.8. The summed E-state index contributed by atoms with van der Waals surface area (Å²) in [4.78, 5) is 12.1. The molecule has 20 heavy (non-hydrogen) atoms. The van der Waals surface area contributed by atoms with Crippen LogP contribution in [0.25, 0.3) is 0 Å². The Labute approximate surface area is 119 Å². The van der Waals surface area contributed by atoms with E-state index in [1.165, 1.54) is 5.56 Å². The van der Waals surface area contributed by atoms with Crippen LogP contribution in [0.4, 0.5) is 11.4 Å². The number of aryl methyl sites for hydroxylation is 3. The maximum Gasteiger partial charge on any atom is 0.228 e. The van der Waals surface area contributed by atoms with Crippen molar-refractivity contribution in [3.63, 3.8) is 0 Å². The number of hydrogen-bond acceptors (Lipinski definition) is 2. The predicted molar refractivity (Wildman–Crippen MR) is 83.8 cm³/mol. The van der Waals surface area contributed by atoms with Crippen molar-refractivity contribution in [3.05, 3.63) is 58.7 Å². The molecule has 0 saturated carbocycles. The molecule has 0 atom stereocenters. The van der Waals surface area contributed by atoms with Gasteiger partial charge < -0.3 is 11.1 Å². The Morgan fingerprint density at radius 2 is 1.70 bits per heavy atom. The first-order valence-electron chi connectivity index (χ1n) is 6.68. The first-order valence-corrected chi connectivity index (χ1v) is 6.68. The van der Waals surface area contributed by atoms with E-state index in [-0.39, 0.29) is 5.91 Å². The van der Waals surface area contributed by atoms with Crippen LogP contribution in [0.2, 0.25) is 0 Å². The number of nitrogen functional groups attached to an aromatic ring is 1. The summed E-state index contributed by atoms with van der Waals surface area (Å²) in [5.74, 6) is -0.0128. The van der Waals surface area contributed by atoms with Gasteiger partial charge in [-0.05, 0) is 49.6 Å². The standard InChI is InChI=1S/C17H20N2O/c1-11-4-6-14(7-5-11)10-17(20)19-16-9-12(2)15(18)8-13(16)3/h4-9H,10,18H2,1-3H3,(H,19,20). The summed E-state index contributed by atoms with van der Waals surface area (Å²) in [5, 5.41) is 2.95. The van der Waals surface area contributed by atoms with Gasteiger partial charge in [-0.3, -0.25) is 4.79 Å². The lowest BCUT2D eigenvalue weighted by atomic mass is 10.1. The second kappa shape index (κ2) is 5.78. The molecule has 3 N–H and O–H groups in total. The van der Waals surface area contributed by atoms with Crippen molar-refractivity contribution in [1.82, 2.24) is 0 Å². The van der Waals surface area contributed by atoms with Crippen molar-refractivity contribution in [2.75, 3.05) is 11.1 Å². The van der Waals surface area contributed by atoms with Crippen molar-refractivity contribution in [1.29, 1.82) is 0 Å². The van der Waals surface area contributed by atoms with Crippen LogP contribution in [-0.2, 0) is 11.2 Å². The lowest BCUT2D eigenvalue weighted by Gasteiger charge is -2.11. The quantitative estimate of drug-likeness (QED) is 0.838. The highest BCUT2D eigenvalue weighted by Gasteiger charge is 2.07. The number of hydrogen-bond donors (Lipinski definition) is 2. The molecule has 2 aromatic rings. The van der Waals surface area contributed by atoms with Gasteiger partial charge in [0.2, 0.25) is 5.91 Å². The van der Waals surface area contributed by atoms with Gasteiger partial charge >= 0.3 is 0 Å². The monoisotopic (exact) mass is 268 g/mol. The highest BCUT2D eigenvalue weighted by molar-refractivity contribution is 5.93. The molecule has 0 saturated heterocycles. The topological polar surface area (TPSA) is 55.1 Å². The van der Waals surface area contributed by atoms with Gasteiger partial charge in [-0.15, -0.1) is 0 Å². The third kappa shape index (κ3) is 3.38. The Balaban J connectivity index is 2.08. The van der Waals surface area contributed by atoms with E-state index in [1.807, 2.05) is 57.2 Å². The minimum absolute atomic E-state index is 0.0128. The number of nitrogens with one attached hydrogen (secondary N) is 1. The van der Waals surface area contributed by atoms with E-state index in [0.717, 1.165) is 28.1 Å². The SMILES string of the molecule is Cc1ccc(CC(=O)Nc2cc(C)c(N)cc2C)cc1. The molecule has 0 radical (unpaired) electrons. The Hall–Kier alpha value is -2.29. The molecule has 1 amide bonds. The minimum atomic E-state index is -0.0128. The third-order valence-corrected chi connectivity index (χ3v) is 3.37. The molecule has 104 valence electrons. The Morgan fingerprint density at radius 1 is 1.05 bits per heavy atom. The van der Waals surface area contributed by atoms with Crippen LogP contribution in [-0.4, -0.2) is 5.91 Å². The molecule has 2 rings (SSSR count). The fraction of sp³-hybridized carbons (Fsp3) is 0.235. The summed E-state index contributed by atoms with van der Waals surface area (Å²) in [6.07, 6.45) is 0.378. The molecular weight excluding hydrogens is 248 g/mol. The summed E-state index contributed by atoms with van der Waals surface area (Å²) in [6.45, 7) is 5.91. The van der Waals surface area contributed by atoms with Gasteiger partial charge in [-0.1, -0.05) is 29.8 Å². The summed E-state index contributed by atoms with van der Waals surface area (Å²) in [5.41, 5.74) is 11.6. The number of benzene rings is 2. The van der Waals surface area contributed by atoms with Gasteiger partial charge in [0.15, 0.2) is 0 Å². The zero-order valence-electron chi connectivity index (χ0n) is 12.2.